The number of aromatic amines is 1. The van der Waals surface area contributed by atoms with Crippen molar-refractivity contribution in [3.05, 3.63) is 74.5 Å². The third-order valence-electron chi connectivity index (χ3n) is 4.88. The number of phenols is 1. The molecule has 1 aromatic heterocycles. The number of hydrogen-bond acceptors (Lipinski definition) is 6. The number of nitrogens with zero attached hydrogens (tertiary/aromatic N) is 1. The standard InChI is InChI=1S/C22H20ClN3O4S/c1-2-30-17-9-13(6-7-16(17)27)15-10-18(28)24-20-19(15)21(29)26-22(25-20)31-11-12-4-3-5-14(23)8-12/h3-9,15,27H,2,10-11H2,1H3,(H2,24,25,26,28,29)/t15-/m1/s1. The number of phenolic OH excluding ortho intramolecular Hbond substituents is 1. The van der Waals surface area contributed by atoms with Crippen LogP contribution in [0.5, 0.6) is 11.5 Å². The van der Waals surface area contributed by atoms with Crippen LogP contribution < -0.4 is 15.6 Å². The van der Waals surface area contributed by atoms with Gasteiger partial charge in [-0.05, 0) is 42.3 Å². The zero-order chi connectivity index (χ0) is 22.0. The van der Waals surface area contributed by atoms with Gasteiger partial charge < -0.3 is 20.1 Å². The quantitative estimate of drug-likeness (QED) is 0.376. The Labute approximate surface area is 187 Å². The molecule has 1 amide bonds. The zero-order valence-corrected chi connectivity index (χ0v) is 18.2. The Balaban J connectivity index is 1.66. The molecule has 1 atom stereocenters. The minimum atomic E-state index is -0.494. The number of H-pyrrole nitrogens is 1. The number of carbonyl (C=O) groups excluding carboxylic acids is 1. The van der Waals surface area contributed by atoms with Crippen molar-refractivity contribution >= 4 is 35.1 Å². The Morgan fingerprint density at radius 2 is 2.10 bits per heavy atom. The minimum absolute atomic E-state index is 0.00545. The fourth-order valence-electron chi connectivity index (χ4n) is 3.50. The molecule has 1 aliphatic heterocycles. The predicted molar refractivity (Wildman–Crippen MR) is 120 cm³/mol. The maximum absolute atomic E-state index is 13.0. The molecule has 0 saturated carbocycles. The van der Waals surface area contributed by atoms with Crippen LogP contribution >= 0.6 is 23.4 Å². The number of anilines is 1. The topological polar surface area (TPSA) is 104 Å². The molecule has 0 unspecified atom stereocenters. The lowest BCUT2D eigenvalue weighted by Gasteiger charge is -2.25. The Bertz CT molecular complexity index is 1200. The highest BCUT2D eigenvalue weighted by Crippen LogP contribution is 2.38. The van der Waals surface area contributed by atoms with E-state index in [0.29, 0.717) is 39.4 Å². The highest BCUT2D eigenvalue weighted by Gasteiger charge is 2.31. The van der Waals surface area contributed by atoms with Gasteiger partial charge in [0.15, 0.2) is 16.7 Å². The second-order valence-electron chi connectivity index (χ2n) is 7.02. The number of halogens is 1. The number of aromatic nitrogens is 2. The first-order valence-electron chi connectivity index (χ1n) is 9.71. The Morgan fingerprint density at radius 3 is 2.87 bits per heavy atom. The summed E-state index contributed by atoms with van der Waals surface area (Å²) in [6, 6.07) is 12.3. The van der Waals surface area contributed by atoms with Gasteiger partial charge >= 0.3 is 0 Å². The number of aromatic hydroxyl groups is 1. The molecule has 0 radical (unpaired) electrons. The van der Waals surface area contributed by atoms with E-state index in [1.165, 1.54) is 17.8 Å². The molecular weight excluding hydrogens is 438 g/mol. The lowest BCUT2D eigenvalue weighted by atomic mass is 9.86. The molecule has 3 N–H and O–H groups in total. The molecule has 9 heteroatoms. The van der Waals surface area contributed by atoms with Crippen LogP contribution in [-0.4, -0.2) is 27.6 Å². The van der Waals surface area contributed by atoms with Gasteiger partial charge in [0, 0.05) is 23.1 Å². The summed E-state index contributed by atoms with van der Waals surface area (Å²) in [6.45, 7) is 2.20. The van der Waals surface area contributed by atoms with E-state index in [4.69, 9.17) is 16.3 Å². The molecule has 4 rings (SSSR count). The normalized spacial score (nSPS) is 15.3. The fourth-order valence-corrected chi connectivity index (χ4v) is 4.52. The number of thioether (sulfide) groups is 1. The highest BCUT2D eigenvalue weighted by atomic mass is 35.5. The number of hydrogen-bond donors (Lipinski definition) is 3. The molecule has 31 heavy (non-hydrogen) atoms. The lowest BCUT2D eigenvalue weighted by Crippen LogP contribution is -2.31. The number of rotatable bonds is 6. The number of nitrogens with one attached hydrogen (secondary N) is 2. The number of carbonyl (C=O) groups is 1. The third kappa shape index (κ3) is 4.70. The van der Waals surface area contributed by atoms with Gasteiger partial charge in [-0.2, -0.15) is 0 Å². The van der Waals surface area contributed by atoms with Crippen LogP contribution in [-0.2, 0) is 10.5 Å². The second-order valence-corrected chi connectivity index (χ2v) is 8.42. The molecule has 1 aliphatic rings. The van der Waals surface area contributed by atoms with Gasteiger partial charge in [0.1, 0.15) is 5.82 Å². The van der Waals surface area contributed by atoms with E-state index in [9.17, 15) is 14.7 Å². The molecule has 3 aromatic rings. The molecule has 7 nitrogen and oxygen atoms in total. The van der Waals surface area contributed by atoms with Gasteiger partial charge in [0.05, 0.1) is 12.2 Å². The van der Waals surface area contributed by atoms with Crippen molar-refractivity contribution in [2.75, 3.05) is 11.9 Å². The van der Waals surface area contributed by atoms with E-state index < -0.39 is 5.92 Å². The van der Waals surface area contributed by atoms with Crippen molar-refractivity contribution in [2.45, 2.75) is 30.2 Å². The van der Waals surface area contributed by atoms with Crippen molar-refractivity contribution in [1.82, 2.24) is 9.97 Å². The van der Waals surface area contributed by atoms with Crippen molar-refractivity contribution in [3.8, 4) is 11.5 Å². The van der Waals surface area contributed by atoms with Crippen molar-refractivity contribution < 1.29 is 14.6 Å². The van der Waals surface area contributed by atoms with Crippen LogP contribution in [0.2, 0.25) is 5.02 Å². The monoisotopic (exact) mass is 457 g/mol. The summed E-state index contributed by atoms with van der Waals surface area (Å²) >= 11 is 7.37. The third-order valence-corrected chi connectivity index (χ3v) is 6.06. The van der Waals surface area contributed by atoms with Crippen LogP contribution in [0.3, 0.4) is 0 Å². The smallest absolute Gasteiger partial charge is 0.257 e. The first-order valence-corrected chi connectivity index (χ1v) is 11.1. The van der Waals surface area contributed by atoms with E-state index in [2.05, 4.69) is 15.3 Å². The number of fused-ring (bicyclic) bond motifs is 1. The molecule has 0 spiro atoms. The largest absolute Gasteiger partial charge is 0.504 e. The van der Waals surface area contributed by atoms with E-state index in [1.807, 2.05) is 25.1 Å². The Kier molecular flexibility index (Phi) is 6.20. The van der Waals surface area contributed by atoms with E-state index in [1.54, 1.807) is 18.2 Å². The summed E-state index contributed by atoms with van der Waals surface area (Å²) in [4.78, 5) is 32.6. The molecule has 0 fully saturated rings. The number of benzene rings is 2. The predicted octanol–water partition coefficient (Wildman–Crippen LogP) is 4.29. The van der Waals surface area contributed by atoms with Gasteiger partial charge in [-0.1, -0.05) is 41.6 Å². The summed E-state index contributed by atoms with van der Waals surface area (Å²) in [5, 5.41) is 13.7. The van der Waals surface area contributed by atoms with Crippen LogP contribution in [0, 0.1) is 0 Å². The molecule has 0 aliphatic carbocycles. The lowest BCUT2D eigenvalue weighted by molar-refractivity contribution is -0.116. The molecular formula is C22H20ClN3O4S. The average Bonchev–Trinajstić information content (AvgIpc) is 2.73. The molecule has 2 heterocycles. The number of amides is 1. The summed E-state index contributed by atoms with van der Waals surface area (Å²) in [5.74, 6) is 0.412. The fraction of sp³-hybridized carbons (Fsp3) is 0.227. The van der Waals surface area contributed by atoms with E-state index in [0.717, 1.165) is 5.56 Å². The first kappa shape index (κ1) is 21.3. The second kappa shape index (κ2) is 9.03. The average molecular weight is 458 g/mol. The van der Waals surface area contributed by atoms with Crippen molar-refractivity contribution in [3.63, 3.8) is 0 Å². The van der Waals surface area contributed by atoms with Gasteiger partial charge in [-0.3, -0.25) is 9.59 Å². The maximum atomic E-state index is 13.0. The van der Waals surface area contributed by atoms with Crippen LogP contribution in [0.4, 0.5) is 5.82 Å². The zero-order valence-electron chi connectivity index (χ0n) is 16.6. The molecule has 0 saturated heterocycles. The highest BCUT2D eigenvalue weighted by molar-refractivity contribution is 7.98. The SMILES string of the molecule is CCOc1cc([C@H]2CC(=O)Nc3nc(SCc4cccc(Cl)c4)[nH]c(=O)c32)ccc1O. The van der Waals surface area contributed by atoms with Gasteiger partial charge in [-0.25, -0.2) is 4.98 Å². The summed E-state index contributed by atoms with van der Waals surface area (Å²) in [7, 11) is 0. The summed E-state index contributed by atoms with van der Waals surface area (Å²) < 4.78 is 5.45. The first-order chi connectivity index (χ1) is 14.9. The van der Waals surface area contributed by atoms with Crippen LogP contribution in [0.15, 0.2) is 52.4 Å². The Hall–Kier alpha value is -2.97. The molecule has 0 bridgehead atoms. The van der Waals surface area contributed by atoms with Crippen molar-refractivity contribution in [2.24, 2.45) is 0 Å². The minimum Gasteiger partial charge on any atom is -0.504 e. The Morgan fingerprint density at radius 1 is 1.26 bits per heavy atom. The van der Waals surface area contributed by atoms with Gasteiger partial charge in [0.2, 0.25) is 5.91 Å². The van der Waals surface area contributed by atoms with E-state index in [-0.39, 0.29) is 29.5 Å². The maximum Gasteiger partial charge on any atom is 0.257 e. The number of ether oxygens (including phenoxy) is 1. The summed E-state index contributed by atoms with van der Waals surface area (Å²) in [5.41, 5.74) is 1.77. The van der Waals surface area contributed by atoms with Crippen LogP contribution in [0.25, 0.3) is 0 Å². The van der Waals surface area contributed by atoms with Gasteiger partial charge in [-0.15, -0.1) is 0 Å². The van der Waals surface area contributed by atoms with Crippen LogP contribution in [0.1, 0.15) is 36.0 Å². The molecule has 160 valence electrons. The summed E-state index contributed by atoms with van der Waals surface area (Å²) in [6.07, 6.45) is 0.100. The van der Waals surface area contributed by atoms with Gasteiger partial charge in [0.25, 0.3) is 5.56 Å². The van der Waals surface area contributed by atoms with Crippen molar-refractivity contribution in [1.29, 1.82) is 0 Å². The van der Waals surface area contributed by atoms with E-state index >= 15 is 0 Å². The molecule has 2 aromatic carbocycles.